The number of hydrogen-bond acceptors (Lipinski definition) is 10. The molecule has 1 aliphatic rings. The predicted molar refractivity (Wildman–Crippen MR) is 270 cm³/mol. The summed E-state index contributed by atoms with van der Waals surface area (Å²) in [7, 11) is 0. The van der Waals surface area contributed by atoms with Crippen molar-refractivity contribution in [3.63, 3.8) is 0 Å². The van der Waals surface area contributed by atoms with Crippen molar-refractivity contribution in [3.8, 4) is 22.5 Å². The molecule has 9 aromatic rings. The third-order valence-corrected chi connectivity index (χ3v) is 11.8. The van der Waals surface area contributed by atoms with E-state index in [1.165, 1.54) is 17.1 Å². The van der Waals surface area contributed by atoms with Gasteiger partial charge in [-0.2, -0.15) is 0 Å². The normalized spacial score (nSPS) is 11.8. The molecule has 0 fully saturated rings. The van der Waals surface area contributed by atoms with Gasteiger partial charge in [-0.05, 0) is 80.4 Å². The second-order valence-electron chi connectivity index (χ2n) is 15.9. The van der Waals surface area contributed by atoms with E-state index < -0.39 is 11.7 Å². The third kappa shape index (κ3) is 10.3. The average Bonchev–Trinajstić information content (AvgIpc) is 3.98. The topological polar surface area (TPSA) is 146 Å². The number of halogens is 5. The van der Waals surface area contributed by atoms with Gasteiger partial charge in [0.2, 0.25) is 0 Å². The van der Waals surface area contributed by atoms with E-state index in [1.54, 1.807) is 26.8 Å². The molecule has 66 heavy (non-hydrogen) atoms. The zero-order chi connectivity index (χ0) is 46.5. The Morgan fingerprint density at radius 1 is 0.682 bits per heavy atom. The highest BCUT2D eigenvalue weighted by atomic mass is 35.5. The number of nitrogens with zero attached hydrogens (tertiary/aromatic N) is 7. The van der Waals surface area contributed by atoms with E-state index >= 15 is 0 Å². The molecule has 4 aromatic carbocycles. The first-order chi connectivity index (χ1) is 31.8. The number of para-hydroxylation sites is 2. The Balaban J connectivity index is 0.000000141. The Bertz CT molecular complexity index is 3300. The lowest BCUT2D eigenvalue weighted by Crippen LogP contribution is -2.26. The van der Waals surface area contributed by atoms with Gasteiger partial charge in [0.05, 0.1) is 48.9 Å². The molecule has 3 N–H and O–H groups in total. The van der Waals surface area contributed by atoms with Gasteiger partial charge in [-0.15, -0.1) is 0 Å². The molecule has 0 radical (unpaired) electrons. The Morgan fingerprint density at radius 3 is 1.85 bits per heavy atom. The molecule has 0 spiro atoms. The summed E-state index contributed by atoms with van der Waals surface area (Å²) in [4.78, 5) is 38.4. The lowest BCUT2D eigenvalue weighted by atomic mass is 10.0. The molecule has 1 aliphatic heterocycles. The minimum Gasteiger partial charge on any atom is -0.443 e. The van der Waals surface area contributed by atoms with Gasteiger partial charge < -0.3 is 15.8 Å². The lowest BCUT2D eigenvalue weighted by Gasteiger charge is -2.19. The van der Waals surface area contributed by atoms with Crippen molar-refractivity contribution in [2.75, 3.05) is 5.32 Å². The zero-order valence-electron chi connectivity index (χ0n) is 35.7. The Labute approximate surface area is 405 Å². The number of imidazole rings is 1. The highest BCUT2D eigenvalue weighted by Gasteiger charge is 2.21. The highest BCUT2D eigenvalue weighted by molar-refractivity contribution is 6.36. The van der Waals surface area contributed by atoms with Crippen LogP contribution in [0.15, 0.2) is 133 Å². The molecule has 0 bridgehead atoms. The maximum absolute atomic E-state index is 11.9. The largest absolute Gasteiger partial charge is 0.443 e. The molecule has 16 heteroatoms. The maximum Gasteiger partial charge on any atom is 0.421 e. The third-order valence-electron chi connectivity index (χ3n) is 10.2. The second-order valence-corrected chi connectivity index (χ2v) is 17.9. The Hall–Kier alpha value is -6.18. The van der Waals surface area contributed by atoms with Gasteiger partial charge in [-0.25, -0.2) is 29.3 Å². The minimum atomic E-state index is -0.563. The number of aromatic nitrogens is 6. The number of nitrogens with one attached hydrogen (secondary N) is 1. The number of ether oxygens (including phenoxy) is 1. The number of carbonyl (C=O) groups is 1. The monoisotopic (exact) mass is 973 g/mol. The highest BCUT2D eigenvalue weighted by Crippen LogP contribution is 2.36. The number of fused-ring (bicyclic) bond motifs is 4. The molecule has 0 unspecified atom stereocenters. The van der Waals surface area contributed by atoms with E-state index in [9.17, 15) is 4.79 Å². The van der Waals surface area contributed by atoms with Gasteiger partial charge in [0.15, 0.2) is 5.65 Å². The van der Waals surface area contributed by atoms with Gasteiger partial charge in [-0.1, -0.05) is 119 Å². The molecule has 0 saturated heterocycles. The fourth-order valence-electron chi connectivity index (χ4n) is 7.15. The molecule has 10 rings (SSSR count). The molecule has 0 saturated carbocycles. The van der Waals surface area contributed by atoms with Crippen LogP contribution in [0.3, 0.4) is 0 Å². The van der Waals surface area contributed by atoms with Crippen molar-refractivity contribution >= 4 is 115 Å². The number of anilines is 1. The van der Waals surface area contributed by atoms with E-state index in [2.05, 4.69) is 36.3 Å². The van der Waals surface area contributed by atoms with Crippen molar-refractivity contribution in [2.24, 2.45) is 10.7 Å². The first kappa shape index (κ1) is 46.4. The van der Waals surface area contributed by atoms with Crippen molar-refractivity contribution in [2.45, 2.75) is 45.9 Å². The quantitative estimate of drug-likeness (QED) is 0.166. The molecule has 0 atom stereocenters. The number of benzene rings is 4. The van der Waals surface area contributed by atoms with Crippen LogP contribution in [0.2, 0.25) is 25.1 Å². The van der Waals surface area contributed by atoms with Gasteiger partial charge in [0.1, 0.15) is 23.1 Å². The number of pyridine rings is 4. The van der Waals surface area contributed by atoms with Crippen LogP contribution in [0.25, 0.3) is 55.5 Å². The number of nitrogens with two attached hydrogens (primary N) is 1. The maximum atomic E-state index is 11.9. The van der Waals surface area contributed by atoms with Crippen LogP contribution in [-0.4, -0.2) is 47.4 Å². The SMILES string of the molecule is CC(C)(C)OC(=O)n1cnc2c(Cl)ccnc21.Clc1ccccc1-c1nc2c(Cl)cccc2cc1CNc1ccnc2c1N=CC2.NCc1cc2cccc(Cl)c2nc1-c1ccccc1Cl. The second kappa shape index (κ2) is 20.1. The molecule has 0 aliphatic carbocycles. The number of carbonyl (C=O) groups excluding carboxylic acids is 1. The predicted octanol–water partition coefficient (Wildman–Crippen LogP) is 14.0. The molecule has 332 valence electrons. The Morgan fingerprint density at radius 2 is 1.24 bits per heavy atom. The standard InChI is InChI=1S/C23H16Cl2N4.C16H12Cl2N2.C11H12ClN3O2/c24-17-6-2-1-5-16(17)21-15(12-14-4-3-7-18(25)22(14)29-21)13-28-20-8-10-26-19-9-11-27-23(19)20;17-13-6-2-1-5-12(13)15-11(9-19)8-10-4-3-7-14(18)16(10)20-15;1-11(2,3)17-10(16)15-6-14-8-7(12)4-5-13-9(8)15/h1-8,10-12H,9,13H2,(H,26,28);1-8H,9,19H2;4-6H,1-3H3. The first-order valence-electron chi connectivity index (χ1n) is 20.6. The first-order valence-corrected chi connectivity index (χ1v) is 22.5. The van der Waals surface area contributed by atoms with Crippen LogP contribution in [0.1, 0.15) is 37.6 Å². The summed E-state index contributed by atoms with van der Waals surface area (Å²) in [5, 5.41) is 8.48. The van der Waals surface area contributed by atoms with Crippen LogP contribution in [0.4, 0.5) is 16.2 Å². The molecule has 5 aromatic heterocycles. The van der Waals surface area contributed by atoms with Crippen LogP contribution in [0, 0.1) is 0 Å². The van der Waals surface area contributed by atoms with E-state index in [-0.39, 0.29) is 0 Å². The summed E-state index contributed by atoms with van der Waals surface area (Å²) < 4.78 is 6.47. The average molecular weight is 976 g/mol. The van der Waals surface area contributed by atoms with E-state index in [1.807, 2.05) is 109 Å². The van der Waals surface area contributed by atoms with Crippen LogP contribution < -0.4 is 11.1 Å². The number of hydrogen-bond donors (Lipinski definition) is 2. The molecule has 11 nitrogen and oxygen atoms in total. The summed E-state index contributed by atoms with van der Waals surface area (Å²) >= 11 is 31.3. The van der Waals surface area contributed by atoms with E-state index in [0.29, 0.717) is 49.4 Å². The van der Waals surface area contributed by atoms with Crippen molar-refractivity contribution < 1.29 is 9.53 Å². The smallest absolute Gasteiger partial charge is 0.421 e. The zero-order valence-corrected chi connectivity index (χ0v) is 39.5. The number of rotatable bonds is 6. The van der Waals surface area contributed by atoms with Crippen LogP contribution in [0.5, 0.6) is 0 Å². The van der Waals surface area contributed by atoms with Crippen molar-refractivity contribution in [1.82, 2.24) is 29.5 Å². The van der Waals surface area contributed by atoms with Crippen LogP contribution >= 0.6 is 58.0 Å². The summed E-state index contributed by atoms with van der Waals surface area (Å²) in [6, 6.07) is 34.5. The van der Waals surface area contributed by atoms with E-state index in [0.717, 1.165) is 78.9 Å². The number of aliphatic imine (C=N–C) groups is 1. The van der Waals surface area contributed by atoms with Crippen molar-refractivity contribution in [1.29, 1.82) is 0 Å². The van der Waals surface area contributed by atoms with Gasteiger partial charge in [0.25, 0.3) is 0 Å². The van der Waals surface area contributed by atoms with Gasteiger partial charge in [0, 0.05) is 70.1 Å². The fourth-order valence-corrected chi connectivity index (χ4v) is 8.24. The summed E-state index contributed by atoms with van der Waals surface area (Å²) in [5.74, 6) is 0. The fraction of sp³-hybridized carbons (Fsp3) is 0.140. The lowest BCUT2D eigenvalue weighted by molar-refractivity contribution is 0.0542. The summed E-state index contributed by atoms with van der Waals surface area (Å²) in [6.07, 6.45) is 6.83. The molecular weight excluding hydrogens is 936 g/mol. The molecule has 0 amide bonds. The summed E-state index contributed by atoms with van der Waals surface area (Å²) in [5.41, 5.74) is 15.9. The van der Waals surface area contributed by atoms with Gasteiger partial charge in [-0.3, -0.25) is 9.98 Å². The van der Waals surface area contributed by atoms with Crippen LogP contribution in [-0.2, 0) is 24.2 Å². The van der Waals surface area contributed by atoms with Crippen molar-refractivity contribution in [3.05, 3.63) is 170 Å². The molecule has 6 heterocycles. The van der Waals surface area contributed by atoms with Gasteiger partial charge >= 0.3 is 6.09 Å². The Kier molecular flexibility index (Phi) is 14.1. The van der Waals surface area contributed by atoms with E-state index in [4.69, 9.17) is 73.5 Å². The minimum absolute atomic E-state index is 0.395. The molecular formula is C50H40Cl5N9O2. The summed E-state index contributed by atoms with van der Waals surface area (Å²) in [6.45, 7) is 6.36.